The zero-order chi connectivity index (χ0) is 14.2. The fourth-order valence-electron chi connectivity index (χ4n) is 4.07. The smallest absolute Gasteiger partial charge is 0.227 e. The van der Waals surface area contributed by atoms with Crippen LogP contribution < -0.4 is 0 Å². The van der Waals surface area contributed by atoms with Gasteiger partial charge in [0.25, 0.3) is 0 Å². The summed E-state index contributed by atoms with van der Waals surface area (Å²) in [6.07, 6.45) is 3.33. The molecule has 3 aliphatic rings. The maximum absolute atomic E-state index is 12.7. The van der Waals surface area contributed by atoms with Crippen molar-refractivity contribution < 1.29 is 9.53 Å². The van der Waals surface area contributed by atoms with Gasteiger partial charge in [-0.25, -0.2) is 0 Å². The second-order valence-corrected chi connectivity index (χ2v) is 7.45. The Morgan fingerprint density at radius 1 is 1.35 bits per heavy atom. The molecule has 3 fully saturated rings. The van der Waals surface area contributed by atoms with Crippen molar-refractivity contribution in [1.82, 2.24) is 9.80 Å². The summed E-state index contributed by atoms with van der Waals surface area (Å²) in [7, 11) is 0. The third-order valence-electron chi connectivity index (χ3n) is 5.18. The van der Waals surface area contributed by atoms with E-state index >= 15 is 0 Å². The zero-order valence-electron chi connectivity index (χ0n) is 12.9. The standard InChI is InChI=1S/C16H28N2O2/c1-13(2)9-17-6-3-14(10-17)15(19)18-7-4-16(11-18)5-8-20-12-16/h13-14H,3-12H2,1-2H3/t14-,16-/m0/s1. The molecule has 114 valence electrons. The maximum atomic E-state index is 12.7. The normalized spacial score (nSPS) is 34.8. The number of carbonyl (C=O) groups excluding carboxylic acids is 1. The number of likely N-dealkylation sites (tertiary alicyclic amines) is 2. The molecule has 4 heteroatoms. The third-order valence-corrected chi connectivity index (χ3v) is 5.18. The van der Waals surface area contributed by atoms with E-state index in [1.165, 1.54) is 0 Å². The predicted octanol–water partition coefficient (Wildman–Crippen LogP) is 1.60. The van der Waals surface area contributed by atoms with Crippen molar-refractivity contribution in [3.05, 3.63) is 0 Å². The largest absolute Gasteiger partial charge is 0.381 e. The molecule has 3 saturated heterocycles. The summed E-state index contributed by atoms with van der Waals surface area (Å²) in [4.78, 5) is 17.3. The first-order chi connectivity index (χ1) is 9.58. The third kappa shape index (κ3) is 2.86. The van der Waals surface area contributed by atoms with Gasteiger partial charge >= 0.3 is 0 Å². The minimum atomic E-state index is 0.242. The molecule has 0 saturated carbocycles. The molecule has 1 amide bonds. The van der Waals surface area contributed by atoms with Crippen molar-refractivity contribution >= 4 is 5.91 Å². The molecule has 0 bridgehead atoms. The van der Waals surface area contributed by atoms with Crippen LogP contribution in [-0.2, 0) is 9.53 Å². The zero-order valence-corrected chi connectivity index (χ0v) is 12.9. The molecule has 0 aromatic carbocycles. The van der Waals surface area contributed by atoms with Crippen LogP contribution in [-0.4, -0.2) is 61.6 Å². The molecule has 0 aliphatic carbocycles. The highest BCUT2D eigenvalue weighted by Crippen LogP contribution is 2.39. The molecule has 0 radical (unpaired) electrons. The Bertz CT molecular complexity index is 363. The molecule has 1 spiro atoms. The second-order valence-electron chi connectivity index (χ2n) is 7.45. The van der Waals surface area contributed by atoms with Crippen LogP contribution in [0.15, 0.2) is 0 Å². The highest BCUT2D eigenvalue weighted by Gasteiger charge is 2.44. The number of rotatable bonds is 3. The number of ether oxygens (including phenoxy) is 1. The lowest BCUT2D eigenvalue weighted by Gasteiger charge is -2.24. The predicted molar refractivity (Wildman–Crippen MR) is 78.5 cm³/mol. The van der Waals surface area contributed by atoms with E-state index < -0.39 is 0 Å². The van der Waals surface area contributed by atoms with E-state index in [2.05, 4.69) is 23.6 Å². The molecule has 3 rings (SSSR count). The topological polar surface area (TPSA) is 32.8 Å². The van der Waals surface area contributed by atoms with Crippen LogP contribution in [0, 0.1) is 17.3 Å². The lowest BCUT2D eigenvalue weighted by atomic mass is 9.87. The number of nitrogens with zero attached hydrogens (tertiary/aromatic N) is 2. The van der Waals surface area contributed by atoms with Crippen molar-refractivity contribution in [2.24, 2.45) is 17.3 Å². The highest BCUT2D eigenvalue weighted by atomic mass is 16.5. The maximum Gasteiger partial charge on any atom is 0.227 e. The number of amides is 1. The van der Waals surface area contributed by atoms with Gasteiger partial charge in [0, 0.05) is 38.2 Å². The average molecular weight is 280 g/mol. The van der Waals surface area contributed by atoms with Crippen molar-refractivity contribution in [2.45, 2.75) is 33.1 Å². The molecule has 4 nitrogen and oxygen atoms in total. The Balaban J connectivity index is 1.52. The molecular formula is C16H28N2O2. The molecule has 20 heavy (non-hydrogen) atoms. The van der Waals surface area contributed by atoms with Gasteiger partial charge in [0.2, 0.25) is 5.91 Å². The van der Waals surface area contributed by atoms with Crippen molar-refractivity contribution in [2.75, 3.05) is 45.9 Å². The van der Waals surface area contributed by atoms with E-state index in [0.717, 1.165) is 65.2 Å². The summed E-state index contributed by atoms with van der Waals surface area (Å²) in [6, 6.07) is 0. The summed E-state index contributed by atoms with van der Waals surface area (Å²) in [5, 5.41) is 0. The Labute approximate surface area is 122 Å². The van der Waals surface area contributed by atoms with Crippen molar-refractivity contribution in [3.8, 4) is 0 Å². The van der Waals surface area contributed by atoms with Crippen molar-refractivity contribution in [3.63, 3.8) is 0 Å². The lowest BCUT2D eigenvalue weighted by Crippen LogP contribution is -2.38. The Morgan fingerprint density at radius 2 is 2.20 bits per heavy atom. The summed E-state index contributed by atoms with van der Waals surface area (Å²) in [6.45, 7) is 11.3. The van der Waals surface area contributed by atoms with Gasteiger partial charge in [-0.3, -0.25) is 4.79 Å². The Kier molecular flexibility index (Phi) is 4.04. The quantitative estimate of drug-likeness (QED) is 0.787. The minimum Gasteiger partial charge on any atom is -0.381 e. The second kappa shape index (κ2) is 5.64. The van der Waals surface area contributed by atoms with Crippen LogP contribution in [0.1, 0.15) is 33.1 Å². The molecule has 0 N–H and O–H groups in total. The highest BCUT2D eigenvalue weighted by molar-refractivity contribution is 5.79. The van der Waals surface area contributed by atoms with E-state index in [0.29, 0.717) is 17.2 Å². The monoisotopic (exact) mass is 280 g/mol. The average Bonchev–Trinajstić information content (AvgIpc) is 3.11. The number of hydrogen-bond donors (Lipinski definition) is 0. The van der Waals surface area contributed by atoms with Gasteiger partial charge in [-0.15, -0.1) is 0 Å². The van der Waals surface area contributed by atoms with Gasteiger partial charge in [-0.05, 0) is 31.7 Å². The molecular weight excluding hydrogens is 252 g/mol. The molecule has 2 atom stereocenters. The van der Waals surface area contributed by atoms with Gasteiger partial charge in [0.05, 0.1) is 12.5 Å². The van der Waals surface area contributed by atoms with Crippen LogP contribution in [0.5, 0.6) is 0 Å². The fraction of sp³-hybridized carbons (Fsp3) is 0.938. The molecule has 0 aromatic heterocycles. The number of hydrogen-bond acceptors (Lipinski definition) is 3. The minimum absolute atomic E-state index is 0.242. The summed E-state index contributed by atoms with van der Waals surface area (Å²) in [5.41, 5.74) is 0.298. The Morgan fingerprint density at radius 3 is 2.90 bits per heavy atom. The van der Waals surface area contributed by atoms with Gasteiger partial charge < -0.3 is 14.5 Å². The summed E-state index contributed by atoms with van der Waals surface area (Å²) < 4.78 is 5.55. The van der Waals surface area contributed by atoms with Crippen LogP contribution >= 0.6 is 0 Å². The summed E-state index contributed by atoms with van der Waals surface area (Å²) in [5.74, 6) is 1.33. The van der Waals surface area contributed by atoms with Gasteiger partial charge in [0.1, 0.15) is 0 Å². The van der Waals surface area contributed by atoms with Crippen LogP contribution in [0.25, 0.3) is 0 Å². The first-order valence-electron chi connectivity index (χ1n) is 8.17. The fourth-order valence-corrected chi connectivity index (χ4v) is 4.07. The van der Waals surface area contributed by atoms with Crippen LogP contribution in [0.3, 0.4) is 0 Å². The SMILES string of the molecule is CC(C)CN1CC[C@H](C(=O)N2CC[C@]3(CCOC3)C2)C1. The molecule has 0 aromatic rings. The van der Waals surface area contributed by atoms with E-state index in [4.69, 9.17) is 4.74 Å². The summed E-state index contributed by atoms with van der Waals surface area (Å²) >= 11 is 0. The van der Waals surface area contributed by atoms with Crippen LogP contribution in [0.2, 0.25) is 0 Å². The van der Waals surface area contributed by atoms with E-state index in [9.17, 15) is 4.79 Å². The van der Waals surface area contributed by atoms with Gasteiger partial charge in [-0.1, -0.05) is 13.8 Å². The molecule has 3 heterocycles. The first kappa shape index (κ1) is 14.3. The van der Waals surface area contributed by atoms with E-state index in [-0.39, 0.29) is 5.92 Å². The van der Waals surface area contributed by atoms with E-state index in [1.54, 1.807) is 0 Å². The van der Waals surface area contributed by atoms with Gasteiger partial charge in [0.15, 0.2) is 0 Å². The van der Waals surface area contributed by atoms with Gasteiger partial charge in [-0.2, -0.15) is 0 Å². The molecule has 0 unspecified atom stereocenters. The lowest BCUT2D eigenvalue weighted by molar-refractivity contribution is -0.134. The van der Waals surface area contributed by atoms with Crippen molar-refractivity contribution in [1.29, 1.82) is 0 Å². The number of carbonyl (C=O) groups is 1. The van der Waals surface area contributed by atoms with Crippen LogP contribution in [0.4, 0.5) is 0 Å². The van der Waals surface area contributed by atoms with E-state index in [1.807, 2.05) is 0 Å². The Hall–Kier alpha value is -0.610. The molecule has 3 aliphatic heterocycles. The first-order valence-corrected chi connectivity index (χ1v) is 8.17.